The molecule has 2 fully saturated rings. The van der Waals surface area contributed by atoms with Gasteiger partial charge in [0.05, 0.1) is 5.25 Å². The van der Waals surface area contributed by atoms with Crippen LogP contribution >= 0.6 is 11.8 Å². The second kappa shape index (κ2) is 7.71. The van der Waals surface area contributed by atoms with Crippen LogP contribution in [0.1, 0.15) is 38.6 Å². The summed E-state index contributed by atoms with van der Waals surface area (Å²) in [6.45, 7) is 4.03. The average molecular weight is 408 g/mol. The molecule has 0 bridgehead atoms. The van der Waals surface area contributed by atoms with Crippen LogP contribution in [0, 0.1) is 0 Å². The second-order valence-corrected chi connectivity index (χ2v) is 9.20. The molecule has 150 valence electrons. The zero-order valence-electron chi connectivity index (χ0n) is 16.5. The van der Waals surface area contributed by atoms with E-state index < -0.39 is 0 Å². The first kappa shape index (κ1) is 18.5. The van der Waals surface area contributed by atoms with E-state index in [1.165, 1.54) is 42.8 Å². The lowest BCUT2D eigenvalue weighted by atomic mass is 10.1. The Morgan fingerprint density at radius 3 is 2.62 bits per heavy atom. The third-order valence-electron chi connectivity index (χ3n) is 5.62. The van der Waals surface area contributed by atoms with Gasteiger partial charge in [0.25, 0.3) is 0 Å². The van der Waals surface area contributed by atoms with Gasteiger partial charge in [0, 0.05) is 24.8 Å². The highest BCUT2D eigenvalue weighted by atomic mass is 32.2. The van der Waals surface area contributed by atoms with E-state index in [9.17, 15) is 4.79 Å². The number of nitrogens with one attached hydrogen (secondary N) is 1. The van der Waals surface area contributed by atoms with Crippen molar-refractivity contribution in [2.45, 2.75) is 49.1 Å². The van der Waals surface area contributed by atoms with E-state index in [0.29, 0.717) is 6.04 Å². The van der Waals surface area contributed by atoms with E-state index in [1.807, 2.05) is 37.3 Å². The van der Waals surface area contributed by atoms with Gasteiger partial charge in [-0.3, -0.25) is 9.36 Å². The second-order valence-electron chi connectivity index (χ2n) is 7.89. The molecule has 1 unspecified atom stereocenters. The predicted octanol–water partition coefficient (Wildman–Crippen LogP) is 4.49. The van der Waals surface area contributed by atoms with Crippen LogP contribution in [-0.2, 0) is 4.79 Å². The molecule has 1 aromatic heterocycles. The van der Waals surface area contributed by atoms with E-state index in [0.717, 1.165) is 35.3 Å². The molecule has 6 nitrogen and oxygen atoms in total. The molecule has 1 N–H and O–H groups in total. The first-order valence-corrected chi connectivity index (χ1v) is 11.2. The van der Waals surface area contributed by atoms with E-state index in [2.05, 4.69) is 37.1 Å². The van der Waals surface area contributed by atoms with Crippen molar-refractivity contribution >= 4 is 40.1 Å². The summed E-state index contributed by atoms with van der Waals surface area (Å²) < 4.78 is 2.26. The number of thioether (sulfide) groups is 1. The van der Waals surface area contributed by atoms with Gasteiger partial charge in [-0.05, 0) is 55.5 Å². The lowest BCUT2D eigenvalue weighted by Crippen LogP contribution is -2.24. The highest BCUT2D eigenvalue weighted by molar-refractivity contribution is 8.00. The summed E-state index contributed by atoms with van der Waals surface area (Å²) >= 11 is 1.50. The zero-order chi connectivity index (χ0) is 19.8. The smallest absolute Gasteiger partial charge is 0.237 e. The first-order chi connectivity index (χ1) is 14.2. The minimum absolute atomic E-state index is 0.0154. The minimum atomic E-state index is -0.255. The minimum Gasteiger partial charge on any atom is -0.341 e. The van der Waals surface area contributed by atoms with Crippen LogP contribution < -0.4 is 10.2 Å². The quantitative estimate of drug-likeness (QED) is 0.610. The number of rotatable bonds is 6. The van der Waals surface area contributed by atoms with Crippen LogP contribution in [0.5, 0.6) is 0 Å². The molecule has 0 spiro atoms. The van der Waals surface area contributed by atoms with Gasteiger partial charge in [-0.2, -0.15) is 0 Å². The van der Waals surface area contributed by atoms with Gasteiger partial charge in [0.15, 0.2) is 5.16 Å². The topological polar surface area (TPSA) is 63.1 Å². The number of nitrogens with zero attached hydrogens (tertiary/aromatic N) is 4. The lowest BCUT2D eigenvalue weighted by molar-refractivity contribution is -0.115. The molecule has 7 heteroatoms. The summed E-state index contributed by atoms with van der Waals surface area (Å²) in [4.78, 5) is 15.1. The Balaban J connectivity index is 1.30. The largest absolute Gasteiger partial charge is 0.341 e. The predicted molar refractivity (Wildman–Crippen MR) is 118 cm³/mol. The van der Waals surface area contributed by atoms with Crippen LogP contribution in [0.4, 0.5) is 11.6 Å². The van der Waals surface area contributed by atoms with Gasteiger partial charge >= 0.3 is 0 Å². The van der Waals surface area contributed by atoms with Gasteiger partial charge in [-0.15, -0.1) is 10.2 Å². The van der Waals surface area contributed by atoms with Crippen molar-refractivity contribution in [3.8, 4) is 0 Å². The van der Waals surface area contributed by atoms with Crippen molar-refractivity contribution in [2.24, 2.45) is 0 Å². The fourth-order valence-electron chi connectivity index (χ4n) is 3.86. The molecule has 2 heterocycles. The number of aromatic nitrogens is 3. The molecule has 2 aromatic carbocycles. The fourth-order valence-corrected chi connectivity index (χ4v) is 4.77. The molecule has 1 aliphatic heterocycles. The Labute approximate surface area is 174 Å². The van der Waals surface area contributed by atoms with Crippen LogP contribution in [0.2, 0.25) is 0 Å². The van der Waals surface area contributed by atoms with Crippen LogP contribution in [0.15, 0.2) is 47.6 Å². The molecular formula is C22H25N5OS. The fraction of sp³-hybridized carbons (Fsp3) is 0.409. The zero-order valence-corrected chi connectivity index (χ0v) is 17.4. The average Bonchev–Trinajstić information content (AvgIpc) is 3.25. The summed E-state index contributed by atoms with van der Waals surface area (Å²) in [7, 11) is 0. The standard InChI is InChI=1S/C22H25N5OS/c1-15(20(28)23-18-9-8-16-6-2-3-7-17(16)14-18)29-22-25-24-21(26-12-4-5-13-26)27(22)19-10-11-19/h2-3,6-9,14-15,19H,4-5,10-13H2,1H3,(H,23,28). The van der Waals surface area contributed by atoms with Crippen LogP contribution in [0.3, 0.4) is 0 Å². The number of anilines is 2. The Bertz CT molecular complexity index is 1040. The molecule has 1 saturated carbocycles. The Hall–Kier alpha value is -2.54. The monoisotopic (exact) mass is 407 g/mol. The van der Waals surface area contributed by atoms with Gasteiger partial charge in [-0.1, -0.05) is 42.1 Å². The number of hydrogen-bond donors (Lipinski definition) is 1. The molecule has 1 aliphatic carbocycles. The molecule has 0 radical (unpaired) electrons. The molecule has 2 aliphatic rings. The molecule has 1 amide bonds. The third kappa shape index (κ3) is 3.83. The molecule has 5 rings (SSSR count). The van der Waals surface area contributed by atoms with E-state index in [-0.39, 0.29) is 11.2 Å². The van der Waals surface area contributed by atoms with Crippen molar-refractivity contribution in [1.82, 2.24) is 14.8 Å². The number of fused-ring (bicyclic) bond motifs is 1. The van der Waals surface area contributed by atoms with Gasteiger partial charge in [0.2, 0.25) is 11.9 Å². The van der Waals surface area contributed by atoms with E-state index in [1.54, 1.807) is 0 Å². The maximum Gasteiger partial charge on any atom is 0.237 e. The van der Waals surface area contributed by atoms with Gasteiger partial charge in [0.1, 0.15) is 0 Å². The summed E-state index contributed by atoms with van der Waals surface area (Å²) in [5, 5.41) is 14.9. The number of carbonyl (C=O) groups excluding carboxylic acids is 1. The Morgan fingerprint density at radius 2 is 1.86 bits per heavy atom. The maximum atomic E-state index is 12.8. The normalized spacial score (nSPS) is 17.6. The highest BCUT2D eigenvalue weighted by Gasteiger charge is 2.33. The Morgan fingerprint density at radius 1 is 1.10 bits per heavy atom. The third-order valence-corrected chi connectivity index (χ3v) is 6.67. The number of carbonyl (C=O) groups is 1. The first-order valence-electron chi connectivity index (χ1n) is 10.4. The summed E-state index contributed by atoms with van der Waals surface area (Å²) in [5.41, 5.74) is 0.822. The molecular weight excluding hydrogens is 382 g/mol. The number of benzene rings is 2. The van der Waals surface area contributed by atoms with Crippen LogP contribution in [-0.4, -0.2) is 39.0 Å². The summed E-state index contributed by atoms with van der Waals surface area (Å²) in [5.74, 6) is 0.966. The van der Waals surface area contributed by atoms with Gasteiger partial charge < -0.3 is 10.2 Å². The van der Waals surface area contributed by atoms with E-state index in [4.69, 9.17) is 0 Å². The Kier molecular flexibility index (Phi) is 4.91. The maximum absolute atomic E-state index is 12.8. The highest BCUT2D eigenvalue weighted by Crippen LogP contribution is 2.42. The molecule has 3 aromatic rings. The molecule has 29 heavy (non-hydrogen) atoms. The van der Waals surface area contributed by atoms with Gasteiger partial charge in [-0.25, -0.2) is 0 Å². The van der Waals surface area contributed by atoms with Crippen molar-refractivity contribution in [3.05, 3.63) is 42.5 Å². The van der Waals surface area contributed by atoms with Crippen molar-refractivity contribution in [2.75, 3.05) is 23.3 Å². The summed E-state index contributed by atoms with van der Waals surface area (Å²) in [6.07, 6.45) is 4.77. The van der Waals surface area contributed by atoms with Crippen LogP contribution in [0.25, 0.3) is 10.8 Å². The van der Waals surface area contributed by atoms with E-state index >= 15 is 0 Å². The number of hydrogen-bond acceptors (Lipinski definition) is 5. The SMILES string of the molecule is CC(Sc1nnc(N2CCCC2)n1C1CC1)C(=O)Nc1ccc2ccccc2c1. The molecule has 1 saturated heterocycles. The summed E-state index contributed by atoms with van der Waals surface area (Å²) in [6, 6.07) is 14.6. The lowest BCUT2D eigenvalue weighted by Gasteiger charge is -2.18. The van der Waals surface area contributed by atoms with Crippen molar-refractivity contribution in [1.29, 1.82) is 0 Å². The van der Waals surface area contributed by atoms with Crippen molar-refractivity contribution < 1.29 is 4.79 Å². The number of amides is 1. The van der Waals surface area contributed by atoms with Crippen molar-refractivity contribution in [3.63, 3.8) is 0 Å². The molecule has 1 atom stereocenters.